The number of aromatic nitrogens is 3. The van der Waals surface area contributed by atoms with Gasteiger partial charge in [0.25, 0.3) is 5.91 Å². The summed E-state index contributed by atoms with van der Waals surface area (Å²) in [6.45, 7) is 1.33. The number of hydrogen-bond acceptors (Lipinski definition) is 7. The molecule has 1 aliphatic heterocycles. The standard InChI is InChI=1S/C29H30F2N6O3/c30-17-2-3-19(21(31)12-17)24-13-23(36-40-24)26(39)34-22-4-11-37(18-14-28(15-18)5-6-28)16-20(22)25(38)35-29(7-8-29)27-32-9-1-10-33-27/h1-3,9-10,12-13,18,20,22H,4-8,11,14-16H2,(H,34,39)(H,35,38)/t20-,22-/m0/s1. The Kier molecular flexibility index (Phi) is 5.95. The molecule has 2 atom stereocenters. The highest BCUT2D eigenvalue weighted by atomic mass is 19.1. The molecule has 3 aliphatic carbocycles. The normalized spacial score (nSPS) is 24.8. The number of nitrogens with one attached hydrogen (secondary N) is 2. The van der Waals surface area contributed by atoms with Gasteiger partial charge in [-0.3, -0.25) is 14.5 Å². The predicted molar refractivity (Wildman–Crippen MR) is 139 cm³/mol. The second-order valence-corrected chi connectivity index (χ2v) is 11.9. The van der Waals surface area contributed by atoms with Crippen molar-refractivity contribution in [1.29, 1.82) is 0 Å². The van der Waals surface area contributed by atoms with Crippen LogP contribution < -0.4 is 10.6 Å². The monoisotopic (exact) mass is 548 g/mol. The third-order valence-electron chi connectivity index (χ3n) is 9.15. The molecule has 40 heavy (non-hydrogen) atoms. The fourth-order valence-electron chi connectivity index (χ4n) is 6.38. The van der Waals surface area contributed by atoms with E-state index in [0.717, 1.165) is 31.5 Å². The molecule has 7 rings (SSSR count). The van der Waals surface area contributed by atoms with Crippen LogP contribution in [-0.4, -0.2) is 57.0 Å². The predicted octanol–water partition coefficient (Wildman–Crippen LogP) is 3.58. The highest BCUT2D eigenvalue weighted by molar-refractivity contribution is 5.94. The Morgan fingerprint density at radius 3 is 2.52 bits per heavy atom. The van der Waals surface area contributed by atoms with E-state index in [2.05, 4.69) is 30.7 Å². The van der Waals surface area contributed by atoms with Crippen LogP contribution in [0.4, 0.5) is 8.78 Å². The number of halogens is 2. The van der Waals surface area contributed by atoms with Gasteiger partial charge in [-0.2, -0.15) is 0 Å². The van der Waals surface area contributed by atoms with Crippen LogP contribution in [-0.2, 0) is 10.3 Å². The SMILES string of the molecule is O=C(N[C@H]1CCN(C2CC3(CC3)C2)C[C@@H]1C(=O)NC1(c2ncccn2)CC1)c1cc(-c2ccc(F)cc2F)on1. The van der Waals surface area contributed by atoms with E-state index in [-0.39, 0.29) is 22.9 Å². The molecule has 4 aliphatic rings. The lowest BCUT2D eigenvalue weighted by Crippen LogP contribution is -2.60. The van der Waals surface area contributed by atoms with Crippen LogP contribution in [0.2, 0.25) is 0 Å². The third kappa shape index (κ3) is 4.66. The number of hydrogen-bond donors (Lipinski definition) is 2. The molecule has 0 bridgehead atoms. The highest BCUT2D eigenvalue weighted by Crippen LogP contribution is 2.62. The van der Waals surface area contributed by atoms with Crippen molar-refractivity contribution in [2.45, 2.75) is 62.6 Å². The summed E-state index contributed by atoms with van der Waals surface area (Å²) in [5.74, 6) is -2.02. The Labute approximate surface area is 229 Å². The molecule has 2 aromatic heterocycles. The summed E-state index contributed by atoms with van der Waals surface area (Å²) < 4.78 is 32.7. The van der Waals surface area contributed by atoms with E-state index in [4.69, 9.17) is 4.52 Å². The van der Waals surface area contributed by atoms with E-state index in [1.54, 1.807) is 18.5 Å². The van der Waals surface area contributed by atoms with Gasteiger partial charge in [0.1, 0.15) is 11.6 Å². The summed E-state index contributed by atoms with van der Waals surface area (Å²) in [4.78, 5) is 38.1. The van der Waals surface area contributed by atoms with E-state index in [9.17, 15) is 18.4 Å². The fourth-order valence-corrected chi connectivity index (χ4v) is 6.38. The molecule has 1 spiro atoms. The van der Waals surface area contributed by atoms with Crippen molar-refractivity contribution in [1.82, 2.24) is 30.7 Å². The quantitative estimate of drug-likeness (QED) is 0.464. The minimum Gasteiger partial charge on any atom is -0.355 e. The molecule has 2 amide bonds. The molecule has 1 saturated heterocycles. The minimum atomic E-state index is -0.812. The van der Waals surface area contributed by atoms with Gasteiger partial charge >= 0.3 is 0 Å². The molecule has 0 unspecified atom stereocenters. The van der Waals surface area contributed by atoms with Gasteiger partial charge in [-0.25, -0.2) is 18.7 Å². The first-order chi connectivity index (χ1) is 19.3. The number of piperidine rings is 1. The van der Waals surface area contributed by atoms with E-state index in [1.807, 2.05) is 0 Å². The van der Waals surface area contributed by atoms with Crippen molar-refractivity contribution in [3.63, 3.8) is 0 Å². The summed E-state index contributed by atoms with van der Waals surface area (Å²) in [7, 11) is 0. The number of likely N-dealkylation sites (tertiary alicyclic amines) is 1. The zero-order valence-corrected chi connectivity index (χ0v) is 21.9. The van der Waals surface area contributed by atoms with Crippen LogP contribution >= 0.6 is 0 Å². The van der Waals surface area contributed by atoms with Gasteiger partial charge in [0.2, 0.25) is 5.91 Å². The van der Waals surface area contributed by atoms with E-state index < -0.39 is 35.0 Å². The summed E-state index contributed by atoms with van der Waals surface area (Å²) >= 11 is 0. The van der Waals surface area contributed by atoms with Gasteiger partial charge in [0.15, 0.2) is 17.3 Å². The van der Waals surface area contributed by atoms with E-state index in [1.165, 1.54) is 37.8 Å². The van der Waals surface area contributed by atoms with Gasteiger partial charge in [0.05, 0.1) is 17.0 Å². The van der Waals surface area contributed by atoms with Gasteiger partial charge in [0, 0.05) is 49.7 Å². The van der Waals surface area contributed by atoms with Gasteiger partial charge in [-0.05, 0) is 68.6 Å². The van der Waals surface area contributed by atoms with Crippen molar-refractivity contribution in [3.05, 3.63) is 65.9 Å². The summed E-state index contributed by atoms with van der Waals surface area (Å²) in [5.41, 5.74) is -0.0499. The first-order valence-corrected chi connectivity index (χ1v) is 13.9. The molecule has 4 fully saturated rings. The minimum absolute atomic E-state index is 0.00491. The zero-order valence-electron chi connectivity index (χ0n) is 21.9. The van der Waals surface area contributed by atoms with Crippen molar-refractivity contribution in [2.24, 2.45) is 11.3 Å². The number of carbonyl (C=O) groups is 2. The van der Waals surface area contributed by atoms with Crippen molar-refractivity contribution in [3.8, 4) is 11.3 Å². The van der Waals surface area contributed by atoms with Crippen LogP contribution in [0.3, 0.4) is 0 Å². The lowest BCUT2D eigenvalue weighted by Gasteiger charge is -2.48. The van der Waals surface area contributed by atoms with Crippen molar-refractivity contribution < 1.29 is 22.9 Å². The average Bonchev–Trinajstić information content (AvgIpc) is 3.85. The number of carbonyl (C=O) groups excluding carboxylic acids is 2. The highest BCUT2D eigenvalue weighted by Gasteiger charge is 2.56. The lowest BCUT2D eigenvalue weighted by molar-refractivity contribution is -0.129. The maximum atomic E-state index is 14.2. The smallest absolute Gasteiger partial charge is 0.273 e. The zero-order chi connectivity index (χ0) is 27.5. The van der Waals surface area contributed by atoms with Crippen molar-refractivity contribution >= 4 is 11.8 Å². The second-order valence-electron chi connectivity index (χ2n) is 11.9. The van der Waals surface area contributed by atoms with Crippen LogP contribution in [0.5, 0.6) is 0 Å². The van der Waals surface area contributed by atoms with Crippen LogP contribution in [0.1, 0.15) is 61.3 Å². The summed E-state index contributed by atoms with van der Waals surface area (Å²) in [6, 6.07) is 6.22. The fraction of sp³-hybridized carbons (Fsp3) is 0.483. The molecule has 0 radical (unpaired) electrons. The largest absolute Gasteiger partial charge is 0.355 e. The Morgan fingerprint density at radius 2 is 1.82 bits per heavy atom. The first kappa shape index (κ1) is 25.3. The van der Waals surface area contributed by atoms with Crippen LogP contribution in [0, 0.1) is 23.0 Å². The van der Waals surface area contributed by atoms with Crippen LogP contribution in [0.15, 0.2) is 47.2 Å². The molecule has 11 heteroatoms. The number of amides is 2. The Bertz CT molecular complexity index is 1450. The maximum absolute atomic E-state index is 14.2. The topological polar surface area (TPSA) is 113 Å². The third-order valence-corrected chi connectivity index (χ3v) is 9.15. The van der Waals surface area contributed by atoms with Crippen molar-refractivity contribution in [2.75, 3.05) is 13.1 Å². The Hall–Kier alpha value is -3.73. The number of benzene rings is 1. The van der Waals surface area contributed by atoms with Gasteiger partial charge in [-0.1, -0.05) is 5.16 Å². The molecular formula is C29H30F2N6O3. The second kappa shape index (κ2) is 9.43. The Morgan fingerprint density at radius 1 is 1.05 bits per heavy atom. The molecule has 3 heterocycles. The molecule has 2 N–H and O–H groups in total. The van der Waals surface area contributed by atoms with Gasteiger partial charge in [-0.15, -0.1) is 0 Å². The molecule has 9 nitrogen and oxygen atoms in total. The van der Waals surface area contributed by atoms with Gasteiger partial charge < -0.3 is 15.2 Å². The number of rotatable bonds is 7. The molecule has 3 aromatic rings. The molecule has 208 valence electrons. The lowest BCUT2D eigenvalue weighted by atomic mass is 9.74. The van der Waals surface area contributed by atoms with E-state index in [0.29, 0.717) is 30.2 Å². The number of nitrogens with zero attached hydrogens (tertiary/aromatic N) is 4. The Balaban J connectivity index is 1.08. The molecule has 1 aromatic carbocycles. The molecule has 3 saturated carbocycles. The summed E-state index contributed by atoms with van der Waals surface area (Å²) in [6.07, 6.45) is 10.5. The van der Waals surface area contributed by atoms with Crippen LogP contribution in [0.25, 0.3) is 11.3 Å². The van der Waals surface area contributed by atoms with E-state index >= 15 is 0 Å². The summed E-state index contributed by atoms with van der Waals surface area (Å²) in [5, 5.41) is 10.0. The molecular weight excluding hydrogens is 518 g/mol. The maximum Gasteiger partial charge on any atom is 0.273 e. The average molecular weight is 549 g/mol. The first-order valence-electron chi connectivity index (χ1n) is 13.9.